The molecule has 0 amide bonds. The number of nitrogens with two attached hydrogens (primary N) is 1. The SMILES string of the molecule is CC(CN)Oc1cccc(/C=C/C2(O)CCCCC2)c1. The van der Waals surface area contributed by atoms with Crippen LogP contribution in [-0.4, -0.2) is 23.4 Å². The van der Waals surface area contributed by atoms with Crippen LogP contribution in [0.1, 0.15) is 44.6 Å². The summed E-state index contributed by atoms with van der Waals surface area (Å²) < 4.78 is 5.70. The highest BCUT2D eigenvalue weighted by Gasteiger charge is 2.25. The van der Waals surface area contributed by atoms with E-state index in [1.807, 2.05) is 43.3 Å². The van der Waals surface area contributed by atoms with Crippen LogP contribution >= 0.6 is 0 Å². The van der Waals surface area contributed by atoms with E-state index in [0.717, 1.165) is 37.0 Å². The van der Waals surface area contributed by atoms with E-state index in [1.54, 1.807) is 0 Å². The fourth-order valence-electron chi connectivity index (χ4n) is 2.55. The first-order chi connectivity index (χ1) is 9.61. The summed E-state index contributed by atoms with van der Waals surface area (Å²) in [5.41, 5.74) is 5.98. The van der Waals surface area contributed by atoms with Crippen LogP contribution in [0.3, 0.4) is 0 Å². The lowest BCUT2D eigenvalue weighted by atomic mass is 9.84. The van der Waals surface area contributed by atoms with Gasteiger partial charge in [0, 0.05) is 6.54 Å². The van der Waals surface area contributed by atoms with Crippen molar-refractivity contribution in [2.24, 2.45) is 5.73 Å². The molecule has 3 N–H and O–H groups in total. The van der Waals surface area contributed by atoms with Crippen LogP contribution in [0.2, 0.25) is 0 Å². The standard InChI is InChI=1S/C17H25NO2/c1-14(13-18)20-16-7-5-6-15(12-16)8-11-17(19)9-3-2-4-10-17/h5-8,11-12,14,19H,2-4,9-10,13,18H2,1H3/b11-8+. The fraction of sp³-hybridized carbons (Fsp3) is 0.529. The maximum atomic E-state index is 10.5. The lowest BCUT2D eigenvalue weighted by Crippen LogP contribution is -2.28. The zero-order valence-corrected chi connectivity index (χ0v) is 12.2. The largest absolute Gasteiger partial charge is 0.489 e. The van der Waals surface area contributed by atoms with E-state index in [2.05, 4.69) is 0 Å². The van der Waals surface area contributed by atoms with Gasteiger partial charge in [0.2, 0.25) is 0 Å². The molecule has 1 unspecified atom stereocenters. The fourth-order valence-corrected chi connectivity index (χ4v) is 2.55. The van der Waals surface area contributed by atoms with Gasteiger partial charge in [-0.25, -0.2) is 0 Å². The molecule has 1 fully saturated rings. The molecule has 0 spiro atoms. The molecule has 1 aliphatic rings. The van der Waals surface area contributed by atoms with Crippen molar-refractivity contribution in [2.75, 3.05) is 6.54 Å². The van der Waals surface area contributed by atoms with Gasteiger partial charge in [-0.2, -0.15) is 0 Å². The van der Waals surface area contributed by atoms with E-state index < -0.39 is 5.60 Å². The predicted octanol–water partition coefficient (Wildman–Crippen LogP) is 3.12. The molecule has 0 saturated heterocycles. The van der Waals surface area contributed by atoms with Crippen molar-refractivity contribution in [3.63, 3.8) is 0 Å². The summed E-state index contributed by atoms with van der Waals surface area (Å²) in [6.45, 7) is 2.45. The first-order valence-electron chi connectivity index (χ1n) is 7.50. The molecule has 1 aromatic rings. The Balaban J connectivity index is 2.03. The van der Waals surface area contributed by atoms with Crippen molar-refractivity contribution in [1.82, 2.24) is 0 Å². The van der Waals surface area contributed by atoms with Crippen molar-refractivity contribution in [3.05, 3.63) is 35.9 Å². The average Bonchev–Trinajstić information content (AvgIpc) is 2.46. The Morgan fingerprint density at radius 3 is 2.80 bits per heavy atom. The summed E-state index contributed by atoms with van der Waals surface area (Å²) in [5, 5.41) is 10.5. The number of hydrogen-bond donors (Lipinski definition) is 2. The molecule has 3 heteroatoms. The third-order valence-corrected chi connectivity index (χ3v) is 3.83. The zero-order valence-electron chi connectivity index (χ0n) is 12.2. The minimum absolute atomic E-state index is 0.0109. The summed E-state index contributed by atoms with van der Waals surface area (Å²) >= 11 is 0. The van der Waals surface area contributed by atoms with Crippen molar-refractivity contribution >= 4 is 6.08 Å². The van der Waals surface area contributed by atoms with E-state index in [0.29, 0.717) is 6.54 Å². The van der Waals surface area contributed by atoms with Gasteiger partial charge >= 0.3 is 0 Å². The minimum Gasteiger partial charge on any atom is -0.489 e. The Labute approximate surface area is 121 Å². The molecule has 3 nitrogen and oxygen atoms in total. The highest BCUT2D eigenvalue weighted by Crippen LogP contribution is 2.30. The monoisotopic (exact) mass is 275 g/mol. The molecule has 0 aliphatic heterocycles. The zero-order chi connectivity index (χ0) is 14.4. The van der Waals surface area contributed by atoms with Gasteiger partial charge in [-0.15, -0.1) is 0 Å². The first kappa shape index (κ1) is 15.1. The van der Waals surface area contributed by atoms with Crippen LogP contribution in [0.15, 0.2) is 30.3 Å². The van der Waals surface area contributed by atoms with Crippen LogP contribution in [0.4, 0.5) is 0 Å². The molecule has 1 aliphatic carbocycles. The molecule has 0 aromatic heterocycles. The maximum absolute atomic E-state index is 10.5. The lowest BCUT2D eigenvalue weighted by molar-refractivity contribution is 0.0521. The first-order valence-corrected chi connectivity index (χ1v) is 7.50. The normalized spacial score (nSPS) is 19.9. The Hall–Kier alpha value is -1.32. The van der Waals surface area contributed by atoms with Gasteiger partial charge in [0.1, 0.15) is 11.9 Å². The molecule has 2 rings (SSSR count). The number of rotatable bonds is 5. The van der Waals surface area contributed by atoms with Gasteiger partial charge in [0.25, 0.3) is 0 Å². The number of ether oxygens (including phenoxy) is 1. The summed E-state index contributed by atoms with van der Waals surface area (Å²) in [5.74, 6) is 0.820. The second-order valence-electron chi connectivity index (χ2n) is 5.73. The molecular formula is C17H25NO2. The van der Waals surface area contributed by atoms with Crippen molar-refractivity contribution in [3.8, 4) is 5.75 Å². The summed E-state index contributed by atoms with van der Waals surface area (Å²) in [4.78, 5) is 0. The third kappa shape index (κ3) is 4.36. The van der Waals surface area contributed by atoms with Gasteiger partial charge in [0.05, 0.1) is 5.60 Å². The van der Waals surface area contributed by atoms with E-state index in [1.165, 1.54) is 6.42 Å². The molecule has 1 saturated carbocycles. The molecule has 20 heavy (non-hydrogen) atoms. The maximum Gasteiger partial charge on any atom is 0.120 e. The summed E-state index contributed by atoms with van der Waals surface area (Å²) in [6.07, 6.45) is 9.13. The minimum atomic E-state index is -0.625. The second-order valence-corrected chi connectivity index (χ2v) is 5.73. The Morgan fingerprint density at radius 1 is 1.35 bits per heavy atom. The highest BCUT2D eigenvalue weighted by molar-refractivity contribution is 5.53. The Kier molecular flexibility index (Phi) is 5.21. The van der Waals surface area contributed by atoms with Crippen LogP contribution in [0, 0.1) is 0 Å². The van der Waals surface area contributed by atoms with E-state index >= 15 is 0 Å². The average molecular weight is 275 g/mol. The van der Waals surface area contributed by atoms with Crippen molar-refractivity contribution in [1.29, 1.82) is 0 Å². The van der Waals surface area contributed by atoms with Crippen molar-refractivity contribution < 1.29 is 9.84 Å². The van der Waals surface area contributed by atoms with Crippen LogP contribution < -0.4 is 10.5 Å². The summed E-state index contributed by atoms with van der Waals surface area (Å²) in [6, 6.07) is 7.89. The molecule has 0 bridgehead atoms. The Bertz CT molecular complexity index is 450. The quantitative estimate of drug-likeness (QED) is 0.868. The van der Waals surface area contributed by atoms with Crippen LogP contribution in [0.25, 0.3) is 6.08 Å². The lowest BCUT2D eigenvalue weighted by Gasteiger charge is -2.28. The Morgan fingerprint density at radius 2 is 2.10 bits per heavy atom. The second kappa shape index (κ2) is 6.91. The third-order valence-electron chi connectivity index (χ3n) is 3.83. The van der Waals surface area contributed by atoms with Gasteiger partial charge < -0.3 is 15.6 Å². The van der Waals surface area contributed by atoms with Gasteiger partial charge in [-0.3, -0.25) is 0 Å². The topological polar surface area (TPSA) is 55.5 Å². The van der Waals surface area contributed by atoms with E-state index in [-0.39, 0.29) is 6.10 Å². The van der Waals surface area contributed by atoms with Crippen molar-refractivity contribution in [2.45, 2.75) is 50.7 Å². The van der Waals surface area contributed by atoms with Gasteiger partial charge in [-0.05, 0) is 37.5 Å². The predicted molar refractivity (Wildman–Crippen MR) is 82.7 cm³/mol. The number of aliphatic hydroxyl groups is 1. The molecular weight excluding hydrogens is 250 g/mol. The van der Waals surface area contributed by atoms with E-state index in [4.69, 9.17) is 10.5 Å². The molecule has 0 heterocycles. The van der Waals surface area contributed by atoms with Crippen LogP contribution in [-0.2, 0) is 0 Å². The number of benzene rings is 1. The van der Waals surface area contributed by atoms with Gasteiger partial charge in [-0.1, -0.05) is 43.5 Å². The smallest absolute Gasteiger partial charge is 0.120 e. The van der Waals surface area contributed by atoms with Gasteiger partial charge in [0.15, 0.2) is 0 Å². The van der Waals surface area contributed by atoms with Crippen LogP contribution in [0.5, 0.6) is 5.75 Å². The molecule has 1 atom stereocenters. The summed E-state index contributed by atoms with van der Waals surface area (Å²) in [7, 11) is 0. The molecule has 0 radical (unpaired) electrons. The molecule has 1 aromatic carbocycles. The number of hydrogen-bond acceptors (Lipinski definition) is 3. The molecule has 110 valence electrons. The highest BCUT2D eigenvalue weighted by atomic mass is 16.5. The van der Waals surface area contributed by atoms with E-state index in [9.17, 15) is 5.11 Å².